The molecule has 1 unspecified atom stereocenters. The number of rotatable bonds is 6. The van der Waals surface area contributed by atoms with Crippen molar-refractivity contribution in [2.24, 2.45) is 11.7 Å². The van der Waals surface area contributed by atoms with E-state index in [-0.39, 0.29) is 11.9 Å². The molecule has 0 heterocycles. The van der Waals surface area contributed by atoms with Gasteiger partial charge in [0.25, 0.3) is 0 Å². The van der Waals surface area contributed by atoms with E-state index in [1.807, 2.05) is 13.0 Å². The lowest BCUT2D eigenvalue weighted by molar-refractivity contribution is -0.0281. The van der Waals surface area contributed by atoms with Crippen molar-refractivity contribution in [2.45, 2.75) is 44.8 Å². The molecule has 1 saturated carbocycles. The fourth-order valence-corrected chi connectivity index (χ4v) is 3.14. The highest BCUT2D eigenvalue weighted by molar-refractivity contribution is 9.10. The molecule has 106 valence electrons. The van der Waals surface area contributed by atoms with E-state index in [2.05, 4.69) is 15.9 Å². The summed E-state index contributed by atoms with van der Waals surface area (Å²) in [6.07, 6.45) is 4.17. The number of halogens is 2. The van der Waals surface area contributed by atoms with Gasteiger partial charge in [0.2, 0.25) is 0 Å². The first-order chi connectivity index (χ1) is 9.08. The van der Waals surface area contributed by atoms with Crippen LogP contribution in [0.1, 0.15) is 31.7 Å². The highest BCUT2D eigenvalue weighted by atomic mass is 79.9. The molecule has 0 radical (unpaired) electrons. The second-order valence-corrected chi connectivity index (χ2v) is 6.27. The average Bonchev–Trinajstić information content (AvgIpc) is 2.31. The van der Waals surface area contributed by atoms with Crippen LogP contribution in [0, 0.1) is 11.7 Å². The van der Waals surface area contributed by atoms with Crippen LogP contribution in [-0.2, 0) is 11.2 Å². The van der Waals surface area contributed by atoms with Gasteiger partial charge in [-0.3, -0.25) is 0 Å². The van der Waals surface area contributed by atoms with Gasteiger partial charge in [-0.05, 0) is 62.3 Å². The van der Waals surface area contributed by atoms with Gasteiger partial charge in [-0.25, -0.2) is 4.39 Å². The first kappa shape index (κ1) is 14.9. The van der Waals surface area contributed by atoms with Crippen LogP contribution in [0.15, 0.2) is 22.7 Å². The van der Waals surface area contributed by atoms with E-state index in [1.165, 1.54) is 6.07 Å². The van der Waals surface area contributed by atoms with Crippen molar-refractivity contribution in [3.63, 3.8) is 0 Å². The highest BCUT2D eigenvalue weighted by Gasteiger charge is 2.30. The van der Waals surface area contributed by atoms with Crippen molar-refractivity contribution in [1.82, 2.24) is 0 Å². The van der Waals surface area contributed by atoms with E-state index < -0.39 is 0 Å². The maximum Gasteiger partial charge on any atom is 0.126 e. The Morgan fingerprint density at radius 3 is 2.89 bits per heavy atom. The molecule has 19 heavy (non-hydrogen) atoms. The van der Waals surface area contributed by atoms with Crippen molar-refractivity contribution in [3.8, 4) is 0 Å². The zero-order valence-electron chi connectivity index (χ0n) is 11.2. The maximum absolute atomic E-state index is 13.6. The molecule has 0 saturated heterocycles. The smallest absolute Gasteiger partial charge is 0.126 e. The summed E-state index contributed by atoms with van der Waals surface area (Å²) in [5.74, 6) is 0.473. The van der Waals surface area contributed by atoms with Crippen LogP contribution in [0.3, 0.4) is 0 Å². The highest BCUT2D eigenvalue weighted by Crippen LogP contribution is 2.33. The number of ether oxygens (including phenoxy) is 1. The lowest BCUT2D eigenvalue weighted by atomic mass is 9.77. The van der Waals surface area contributed by atoms with Crippen LogP contribution in [0.2, 0.25) is 0 Å². The summed E-state index contributed by atoms with van der Waals surface area (Å²) >= 11 is 3.36. The van der Waals surface area contributed by atoms with E-state index in [0.29, 0.717) is 24.0 Å². The molecule has 0 amide bonds. The molecule has 0 aliphatic heterocycles. The summed E-state index contributed by atoms with van der Waals surface area (Å²) in [4.78, 5) is 0. The lowest BCUT2D eigenvalue weighted by Gasteiger charge is -2.36. The van der Waals surface area contributed by atoms with Gasteiger partial charge < -0.3 is 10.5 Å². The van der Waals surface area contributed by atoms with E-state index in [9.17, 15) is 4.39 Å². The molecule has 4 heteroatoms. The second-order valence-electron chi connectivity index (χ2n) is 5.35. The molecule has 1 aromatic carbocycles. The Kier molecular flexibility index (Phi) is 5.37. The van der Waals surface area contributed by atoms with Crippen molar-refractivity contribution in [3.05, 3.63) is 34.1 Å². The Morgan fingerprint density at radius 1 is 1.47 bits per heavy atom. The lowest BCUT2D eigenvalue weighted by Crippen LogP contribution is -2.36. The van der Waals surface area contributed by atoms with Gasteiger partial charge in [0, 0.05) is 17.1 Å². The van der Waals surface area contributed by atoms with Crippen LogP contribution >= 0.6 is 15.9 Å². The standard InChI is InChI=1S/C15H21BrFNO/c1-2-19-14-6-10(7-14)5-13(18)9-11-8-12(16)3-4-15(11)17/h3-4,8,10,13-14H,2,5-7,9,18H2,1H3. The van der Waals surface area contributed by atoms with Crippen LogP contribution in [0.4, 0.5) is 4.39 Å². The third kappa shape index (κ3) is 4.26. The fraction of sp³-hybridized carbons (Fsp3) is 0.600. The summed E-state index contributed by atoms with van der Waals surface area (Å²) in [5.41, 5.74) is 6.83. The third-order valence-corrected chi connectivity index (χ3v) is 4.21. The monoisotopic (exact) mass is 329 g/mol. The number of hydrogen-bond acceptors (Lipinski definition) is 2. The summed E-state index contributed by atoms with van der Waals surface area (Å²) in [6.45, 7) is 2.81. The van der Waals surface area contributed by atoms with E-state index in [1.54, 1.807) is 6.07 Å². The normalized spacial score (nSPS) is 24.0. The SMILES string of the molecule is CCOC1CC(CC(N)Cc2cc(Br)ccc2F)C1. The molecular weight excluding hydrogens is 309 g/mol. The van der Waals surface area contributed by atoms with Gasteiger partial charge in [-0.15, -0.1) is 0 Å². The molecule has 1 aliphatic rings. The topological polar surface area (TPSA) is 35.2 Å². The fourth-order valence-electron chi connectivity index (χ4n) is 2.73. The molecule has 0 spiro atoms. The van der Waals surface area contributed by atoms with Crippen molar-refractivity contribution in [2.75, 3.05) is 6.61 Å². The van der Waals surface area contributed by atoms with Gasteiger partial charge in [0.15, 0.2) is 0 Å². The maximum atomic E-state index is 13.6. The molecule has 0 aromatic heterocycles. The summed E-state index contributed by atoms with van der Waals surface area (Å²) in [7, 11) is 0. The van der Waals surface area contributed by atoms with Crippen molar-refractivity contribution in [1.29, 1.82) is 0 Å². The molecule has 2 nitrogen and oxygen atoms in total. The minimum absolute atomic E-state index is 0.0244. The summed E-state index contributed by atoms with van der Waals surface area (Å²) in [6, 6.07) is 5.04. The second kappa shape index (κ2) is 6.82. The van der Waals surface area contributed by atoms with Crippen LogP contribution in [0.5, 0.6) is 0 Å². The van der Waals surface area contributed by atoms with Crippen molar-refractivity contribution < 1.29 is 9.13 Å². The predicted molar refractivity (Wildman–Crippen MR) is 78.5 cm³/mol. The predicted octanol–water partition coefficient (Wildman–Crippen LogP) is 3.66. The van der Waals surface area contributed by atoms with Crippen molar-refractivity contribution >= 4 is 15.9 Å². The summed E-state index contributed by atoms with van der Waals surface area (Å²) in [5, 5.41) is 0. The minimum atomic E-state index is -0.167. The van der Waals surface area contributed by atoms with Gasteiger partial charge in [0.05, 0.1) is 6.10 Å². The molecule has 2 N–H and O–H groups in total. The van der Waals surface area contributed by atoms with Crippen LogP contribution in [-0.4, -0.2) is 18.8 Å². The Bertz CT molecular complexity index is 421. The first-order valence-corrected chi connectivity index (χ1v) is 7.69. The van der Waals surface area contributed by atoms with E-state index >= 15 is 0 Å². The molecule has 1 fully saturated rings. The third-order valence-electron chi connectivity index (χ3n) is 3.72. The number of benzene rings is 1. The zero-order chi connectivity index (χ0) is 13.8. The molecule has 1 atom stereocenters. The molecule has 2 rings (SSSR count). The van der Waals surface area contributed by atoms with Gasteiger partial charge >= 0.3 is 0 Å². The first-order valence-electron chi connectivity index (χ1n) is 6.89. The van der Waals surface area contributed by atoms with Gasteiger partial charge in [-0.1, -0.05) is 15.9 Å². The number of nitrogens with two attached hydrogens (primary N) is 1. The van der Waals surface area contributed by atoms with E-state index in [0.717, 1.165) is 30.3 Å². The molecule has 1 aromatic rings. The Hall–Kier alpha value is -0.450. The van der Waals surface area contributed by atoms with Crippen LogP contribution in [0.25, 0.3) is 0 Å². The Balaban J connectivity index is 1.79. The quantitative estimate of drug-likeness (QED) is 0.864. The Morgan fingerprint density at radius 2 is 2.21 bits per heavy atom. The molecule has 0 bridgehead atoms. The average molecular weight is 330 g/mol. The van der Waals surface area contributed by atoms with E-state index in [4.69, 9.17) is 10.5 Å². The van der Waals surface area contributed by atoms with Crippen LogP contribution < -0.4 is 5.73 Å². The zero-order valence-corrected chi connectivity index (χ0v) is 12.8. The minimum Gasteiger partial charge on any atom is -0.378 e. The van der Waals surface area contributed by atoms with Gasteiger partial charge in [-0.2, -0.15) is 0 Å². The largest absolute Gasteiger partial charge is 0.378 e. The molecular formula is C15H21BrFNO. The Labute approximate surface area is 122 Å². The molecule has 1 aliphatic carbocycles. The number of hydrogen-bond donors (Lipinski definition) is 1. The summed E-state index contributed by atoms with van der Waals surface area (Å²) < 4.78 is 20.1. The van der Waals surface area contributed by atoms with Gasteiger partial charge in [0.1, 0.15) is 5.82 Å².